The van der Waals surface area contributed by atoms with Crippen LogP contribution in [0.5, 0.6) is 0 Å². The maximum atomic E-state index is 13.0. The molecular formula is C13H13FN2O. The zero-order valence-electron chi connectivity index (χ0n) is 9.75. The van der Waals surface area contributed by atoms with Crippen LogP contribution in [0.3, 0.4) is 0 Å². The minimum Gasteiger partial charge on any atom is -0.311 e. The molecule has 2 aromatic rings. The Kier molecular flexibility index (Phi) is 3.04. The average molecular weight is 232 g/mol. The van der Waals surface area contributed by atoms with E-state index in [2.05, 4.69) is 9.97 Å². The van der Waals surface area contributed by atoms with Crippen LogP contribution in [-0.4, -0.2) is 9.97 Å². The quantitative estimate of drug-likeness (QED) is 0.864. The van der Waals surface area contributed by atoms with Crippen molar-refractivity contribution in [3.05, 3.63) is 51.8 Å². The van der Waals surface area contributed by atoms with Gasteiger partial charge in [0.05, 0.1) is 5.69 Å². The highest BCUT2D eigenvalue weighted by molar-refractivity contribution is 5.62. The fourth-order valence-corrected chi connectivity index (χ4v) is 1.73. The van der Waals surface area contributed by atoms with Gasteiger partial charge in [-0.1, -0.05) is 6.92 Å². The summed E-state index contributed by atoms with van der Waals surface area (Å²) in [7, 11) is 0. The molecule has 1 aromatic heterocycles. The molecule has 0 aliphatic heterocycles. The first-order valence-electron chi connectivity index (χ1n) is 5.47. The van der Waals surface area contributed by atoms with Gasteiger partial charge in [-0.3, -0.25) is 4.79 Å². The summed E-state index contributed by atoms with van der Waals surface area (Å²) >= 11 is 0. The lowest BCUT2D eigenvalue weighted by Crippen LogP contribution is -2.10. The third-order valence-corrected chi connectivity index (χ3v) is 2.59. The Labute approximate surface area is 98.3 Å². The molecule has 0 radical (unpaired) electrons. The van der Waals surface area contributed by atoms with Crippen molar-refractivity contribution in [1.82, 2.24) is 9.97 Å². The second kappa shape index (κ2) is 4.49. The van der Waals surface area contributed by atoms with Gasteiger partial charge in [-0.25, -0.2) is 9.37 Å². The smallest absolute Gasteiger partial charge is 0.251 e. The molecule has 3 nitrogen and oxygen atoms in total. The van der Waals surface area contributed by atoms with Gasteiger partial charge in [0.2, 0.25) is 0 Å². The summed E-state index contributed by atoms with van der Waals surface area (Å²) in [4.78, 5) is 18.4. The molecule has 0 atom stereocenters. The maximum absolute atomic E-state index is 13.0. The first kappa shape index (κ1) is 11.5. The van der Waals surface area contributed by atoms with E-state index in [1.807, 2.05) is 6.92 Å². The van der Waals surface area contributed by atoms with Crippen LogP contribution in [-0.2, 0) is 6.42 Å². The van der Waals surface area contributed by atoms with E-state index in [4.69, 9.17) is 0 Å². The van der Waals surface area contributed by atoms with Gasteiger partial charge in [0, 0.05) is 18.1 Å². The molecule has 0 aliphatic carbocycles. The molecule has 1 heterocycles. The Bertz CT molecular complexity index is 605. The highest BCUT2D eigenvalue weighted by Gasteiger charge is 2.06. The van der Waals surface area contributed by atoms with Crippen LogP contribution in [0.25, 0.3) is 11.3 Å². The fraction of sp³-hybridized carbons (Fsp3) is 0.231. The first-order chi connectivity index (χ1) is 8.10. The van der Waals surface area contributed by atoms with Gasteiger partial charge in [0.1, 0.15) is 11.6 Å². The number of nitrogens with zero attached hydrogens (tertiary/aromatic N) is 1. The molecule has 0 aliphatic rings. The lowest BCUT2D eigenvalue weighted by Gasteiger charge is -2.06. The second-order valence-electron chi connectivity index (χ2n) is 3.89. The molecule has 0 saturated carbocycles. The standard InChI is InChI=1S/C13H13FN2O/c1-3-12-15-11(7-13(17)16-12)10-5-4-9(14)6-8(10)2/h4-7H,3H2,1-2H3,(H,15,16,17). The van der Waals surface area contributed by atoms with E-state index in [1.165, 1.54) is 18.2 Å². The van der Waals surface area contributed by atoms with Crippen molar-refractivity contribution >= 4 is 0 Å². The number of aromatic amines is 1. The number of halogens is 1. The van der Waals surface area contributed by atoms with Crippen molar-refractivity contribution in [3.8, 4) is 11.3 Å². The molecular weight excluding hydrogens is 219 g/mol. The minimum absolute atomic E-state index is 0.185. The predicted molar refractivity (Wildman–Crippen MR) is 64.4 cm³/mol. The van der Waals surface area contributed by atoms with Crippen molar-refractivity contribution in [2.24, 2.45) is 0 Å². The third-order valence-electron chi connectivity index (χ3n) is 2.59. The summed E-state index contributed by atoms with van der Waals surface area (Å²) in [6.45, 7) is 3.71. The largest absolute Gasteiger partial charge is 0.311 e. The Hall–Kier alpha value is -1.97. The Balaban J connectivity index is 2.60. The number of aromatic nitrogens is 2. The zero-order valence-corrected chi connectivity index (χ0v) is 9.75. The van der Waals surface area contributed by atoms with E-state index in [0.717, 1.165) is 11.1 Å². The number of hydrogen-bond donors (Lipinski definition) is 1. The summed E-state index contributed by atoms with van der Waals surface area (Å²) in [5, 5.41) is 0. The van der Waals surface area contributed by atoms with Crippen molar-refractivity contribution in [3.63, 3.8) is 0 Å². The number of hydrogen-bond acceptors (Lipinski definition) is 2. The predicted octanol–water partition coefficient (Wildman–Crippen LogP) is 2.45. The number of nitrogens with one attached hydrogen (secondary N) is 1. The highest BCUT2D eigenvalue weighted by Crippen LogP contribution is 2.21. The van der Waals surface area contributed by atoms with E-state index < -0.39 is 0 Å². The van der Waals surface area contributed by atoms with E-state index in [-0.39, 0.29) is 11.4 Å². The van der Waals surface area contributed by atoms with Crippen LogP contribution in [0.1, 0.15) is 18.3 Å². The Morgan fingerprint density at radius 3 is 2.76 bits per heavy atom. The molecule has 0 saturated heterocycles. The van der Waals surface area contributed by atoms with E-state index in [1.54, 1.807) is 13.0 Å². The number of rotatable bonds is 2. The van der Waals surface area contributed by atoms with Crippen molar-refractivity contribution in [2.45, 2.75) is 20.3 Å². The van der Waals surface area contributed by atoms with Crippen molar-refractivity contribution in [1.29, 1.82) is 0 Å². The van der Waals surface area contributed by atoms with Gasteiger partial charge in [-0.2, -0.15) is 0 Å². The third kappa shape index (κ3) is 2.41. The molecule has 0 unspecified atom stereocenters. The summed E-state index contributed by atoms with van der Waals surface area (Å²) < 4.78 is 13.0. The van der Waals surface area contributed by atoms with Crippen LogP contribution in [0.2, 0.25) is 0 Å². The molecule has 1 aromatic carbocycles. The molecule has 0 spiro atoms. The fourth-order valence-electron chi connectivity index (χ4n) is 1.73. The number of H-pyrrole nitrogens is 1. The van der Waals surface area contributed by atoms with Gasteiger partial charge < -0.3 is 4.98 Å². The number of benzene rings is 1. The van der Waals surface area contributed by atoms with E-state index in [0.29, 0.717) is 17.9 Å². The number of aryl methyl sites for hydroxylation is 2. The monoisotopic (exact) mass is 232 g/mol. The normalized spacial score (nSPS) is 10.5. The van der Waals surface area contributed by atoms with Gasteiger partial charge in [0.15, 0.2) is 0 Å². The van der Waals surface area contributed by atoms with Crippen LogP contribution >= 0.6 is 0 Å². The highest BCUT2D eigenvalue weighted by atomic mass is 19.1. The molecule has 0 fully saturated rings. The molecule has 1 N–H and O–H groups in total. The van der Waals surface area contributed by atoms with Crippen molar-refractivity contribution < 1.29 is 4.39 Å². The van der Waals surface area contributed by atoms with Crippen LogP contribution in [0.4, 0.5) is 4.39 Å². The summed E-state index contributed by atoms with van der Waals surface area (Å²) in [5.41, 5.74) is 1.95. The molecule has 4 heteroatoms. The van der Waals surface area contributed by atoms with Gasteiger partial charge in [-0.05, 0) is 30.7 Å². The zero-order chi connectivity index (χ0) is 12.4. The average Bonchev–Trinajstić information content (AvgIpc) is 2.28. The van der Waals surface area contributed by atoms with Gasteiger partial charge >= 0.3 is 0 Å². The van der Waals surface area contributed by atoms with Crippen LogP contribution < -0.4 is 5.56 Å². The lowest BCUT2D eigenvalue weighted by molar-refractivity contribution is 0.627. The van der Waals surface area contributed by atoms with Crippen LogP contribution in [0, 0.1) is 12.7 Å². The summed E-state index contributed by atoms with van der Waals surface area (Å²) in [6, 6.07) is 5.88. The van der Waals surface area contributed by atoms with E-state index >= 15 is 0 Å². The second-order valence-corrected chi connectivity index (χ2v) is 3.89. The summed E-state index contributed by atoms with van der Waals surface area (Å²) in [6.07, 6.45) is 0.656. The Morgan fingerprint density at radius 1 is 1.35 bits per heavy atom. The van der Waals surface area contributed by atoms with Gasteiger partial charge in [0.25, 0.3) is 5.56 Å². The molecule has 0 bridgehead atoms. The van der Waals surface area contributed by atoms with E-state index in [9.17, 15) is 9.18 Å². The maximum Gasteiger partial charge on any atom is 0.251 e. The molecule has 2 rings (SSSR count). The minimum atomic E-state index is -0.285. The molecule has 88 valence electrons. The summed E-state index contributed by atoms with van der Waals surface area (Å²) in [5.74, 6) is 0.350. The first-order valence-corrected chi connectivity index (χ1v) is 5.47. The Morgan fingerprint density at radius 2 is 2.12 bits per heavy atom. The lowest BCUT2D eigenvalue weighted by atomic mass is 10.1. The van der Waals surface area contributed by atoms with Crippen LogP contribution in [0.15, 0.2) is 29.1 Å². The van der Waals surface area contributed by atoms with Gasteiger partial charge in [-0.15, -0.1) is 0 Å². The molecule has 0 amide bonds. The SMILES string of the molecule is CCc1nc(-c2ccc(F)cc2C)cc(=O)[nH]1. The molecule has 17 heavy (non-hydrogen) atoms. The topological polar surface area (TPSA) is 45.8 Å². The van der Waals surface area contributed by atoms with Crippen molar-refractivity contribution in [2.75, 3.05) is 0 Å².